The first-order valence-corrected chi connectivity index (χ1v) is 7.05. The highest BCUT2D eigenvalue weighted by atomic mass is 16.4. The molecule has 112 valence electrons. The zero-order chi connectivity index (χ0) is 15.2. The van der Waals surface area contributed by atoms with Gasteiger partial charge in [-0.1, -0.05) is 18.2 Å². The molecule has 5 heteroatoms. The summed E-state index contributed by atoms with van der Waals surface area (Å²) < 4.78 is 2.11. The van der Waals surface area contributed by atoms with E-state index in [0.29, 0.717) is 5.56 Å². The van der Waals surface area contributed by atoms with Gasteiger partial charge in [0, 0.05) is 32.0 Å². The first kappa shape index (κ1) is 15.3. The SMILES string of the molecule is Cc1nccn1CCN(C)CCc1ccccc1C(=O)O. The smallest absolute Gasteiger partial charge is 0.335 e. The number of aromatic carboxylic acids is 1. The van der Waals surface area contributed by atoms with E-state index in [-0.39, 0.29) is 0 Å². The van der Waals surface area contributed by atoms with Gasteiger partial charge in [0.2, 0.25) is 0 Å². The van der Waals surface area contributed by atoms with E-state index in [1.165, 1.54) is 0 Å². The maximum absolute atomic E-state index is 11.2. The van der Waals surface area contributed by atoms with E-state index in [2.05, 4.69) is 21.5 Å². The van der Waals surface area contributed by atoms with E-state index in [0.717, 1.165) is 37.4 Å². The number of benzene rings is 1. The molecule has 0 bridgehead atoms. The number of carboxylic acid groups (broad SMARTS) is 1. The lowest BCUT2D eigenvalue weighted by molar-refractivity contribution is 0.0695. The highest BCUT2D eigenvalue weighted by Gasteiger charge is 2.09. The van der Waals surface area contributed by atoms with Crippen LogP contribution >= 0.6 is 0 Å². The average Bonchev–Trinajstić information content (AvgIpc) is 2.88. The van der Waals surface area contributed by atoms with Gasteiger partial charge in [0.05, 0.1) is 5.56 Å². The summed E-state index contributed by atoms with van der Waals surface area (Å²) in [7, 11) is 2.05. The van der Waals surface area contributed by atoms with Gasteiger partial charge >= 0.3 is 5.97 Å². The molecule has 1 aromatic heterocycles. The van der Waals surface area contributed by atoms with Crippen LogP contribution in [0.15, 0.2) is 36.7 Å². The fraction of sp³-hybridized carbons (Fsp3) is 0.375. The van der Waals surface area contributed by atoms with Gasteiger partial charge in [0.1, 0.15) is 5.82 Å². The van der Waals surface area contributed by atoms with Crippen molar-refractivity contribution in [1.82, 2.24) is 14.5 Å². The van der Waals surface area contributed by atoms with Crippen LogP contribution in [-0.2, 0) is 13.0 Å². The number of hydrogen-bond acceptors (Lipinski definition) is 3. The van der Waals surface area contributed by atoms with Crippen LogP contribution in [0.1, 0.15) is 21.7 Å². The Balaban J connectivity index is 1.85. The quantitative estimate of drug-likeness (QED) is 0.847. The third-order valence-electron chi connectivity index (χ3n) is 3.66. The predicted octanol–water partition coefficient (Wildman–Crippen LogP) is 2.06. The molecule has 0 saturated heterocycles. The van der Waals surface area contributed by atoms with Gasteiger partial charge in [-0.25, -0.2) is 9.78 Å². The lowest BCUT2D eigenvalue weighted by Crippen LogP contribution is -2.26. The molecule has 0 atom stereocenters. The van der Waals surface area contributed by atoms with Gasteiger partial charge in [-0.2, -0.15) is 0 Å². The number of likely N-dealkylation sites (N-methyl/N-ethyl adjacent to an activating group) is 1. The molecule has 1 aromatic carbocycles. The molecule has 0 amide bonds. The first-order valence-electron chi connectivity index (χ1n) is 7.05. The van der Waals surface area contributed by atoms with Crippen LogP contribution in [-0.4, -0.2) is 45.7 Å². The molecule has 5 nitrogen and oxygen atoms in total. The number of carbonyl (C=O) groups is 1. The van der Waals surface area contributed by atoms with E-state index < -0.39 is 5.97 Å². The summed E-state index contributed by atoms with van der Waals surface area (Å²) in [5, 5.41) is 9.17. The molecule has 2 aromatic rings. The highest BCUT2D eigenvalue weighted by molar-refractivity contribution is 5.89. The molecule has 0 aliphatic carbocycles. The largest absolute Gasteiger partial charge is 0.478 e. The Bertz CT molecular complexity index is 607. The second kappa shape index (κ2) is 7.04. The topological polar surface area (TPSA) is 58.4 Å². The number of aromatic nitrogens is 2. The van der Waals surface area contributed by atoms with Crippen molar-refractivity contribution in [2.24, 2.45) is 0 Å². The Morgan fingerprint density at radius 2 is 2.10 bits per heavy atom. The van der Waals surface area contributed by atoms with E-state index in [9.17, 15) is 4.79 Å². The lowest BCUT2D eigenvalue weighted by Gasteiger charge is -2.18. The Kier molecular flexibility index (Phi) is 5.11. The summed E-state index contributed by atoms with van der Waals surface area (Å²) in [4.78, 5) is 17.6. The van der Waals surface area contributed by atoms with Gasteiger partial charge in [0.15, 0.2) is 0 Å². The molecule has 1 heterocycles. The van der Waals surface area contributed by atoms with E-state index in [1.54, 1.807) is 18.3 Å². The van der Waals surface area contributed by atoms with Crippen molar-refractivity contribution < 1.29 is 9.90 Å². The third kappa shape index (κ3) is 4.16. The number of imidazole rings is 1. The maximum Gasteiger partial charge on any atom is 0.335 e. The molecule has 0 fully saturated rings. The van der Waals surface area contributed by atoms with Gasteiger partial charge in [-0.3, -0.25) is 0 Å². The van der Waals surface area contributed by atoms with Gasteiger partial charge in [-0.15, -0.1) is 0 Å². The standard InChI is InChI=1S/C16H21N3O2/c1-13-17-8-10-19(13)12-11-18(2)9-7-14-5-3-4-6-15(14)16(20)21/h3-6,8,10H,7,9,11-12H2,1-2H3,(H,20,21). The zero-order valence-electron chi connectivity index (χ0n) is 12.5. The van der Waals surface area contributed by atoms with Crippen molar-refractivity contribution in [3.63, 3.8) is 0 Å². The minimum atomic E-state index is -0.859. The van der Waals surface area contributed by atoms with Gasteiger partial charge in [0.25, 0.3) is 0 Å². The van der Waals surface area contributed by atoms with Crippen LogP contribution in [0.2, 0.25) is 0 Å². The summed E-state index contributed by atoms with van der Waals surface area (Å²) in [6.45, 7) is 4.62. The van der Waals surface area contributed by atoms with Crippen LogP contribution in [0, 0.1) is 6.92 Å². The van der Waals surface area contributed by atoms with Gasteiger partial charge in [-0.05, 0) is 32.0 Å². The maximum atomic E-state index is 11.2. The molecule has 0 aliphatic heterocycles. The summed E-state index contributed by atoms with van der Waals surface area (Å²) >= 11 is 0. The minimum absolute atomic E-state index is 0.399. The molecule has 0 aliphatic rings. The summed E-state index contributed by atoms with van der Waals surface area (Å²) in [6, 6.07) is 7.19. The van der Waals surface area contributed by atoms with Crippen LogP contribution < -0.4 is 0 Å². The van der Waals surface area contributed by atoms with E-state index in [4.69, 9.17) is 5.11 Å². The predicted molar refractivity (Wildman–Crippen MR) is 81.6 cm³/mol. The first-order chi connectivity index (χ1) is 10.1. The Morgan fingerprint density at radius 3 is 2.76 bits per heavy atom. The molecular weight excluding hydrogens is 266 g/mol. The summed E-state index contributed by atoms with van der Waals surface area (Å²) in [5.74, 6) is 0.155. The van der Waals surface area contributed by atoms with Crippen molar-refractivity contribution in [2.75, 3.05) is 20.1 Å². The minimum Gasteiger partial charge on any atom is -0.478 e. The lowest BCUT2D eigenvalue weighted by atomic mass is 10.0. The number of hydrogen-bond donors (Lipinski definition) is 1. The second-order valence-corrected chi connectivity index (χ2v) is 5.18. The van der Waals surface area contributed by atoms with Gasteiger partial charge < -0.3 is 14.6 Å². The Hall–Kier alpha value is -2.14. The van der Waals surface area contributed by atoms with Crippen molar-refractivity contribution in [3.8, 4) is 0 Å². The van der Waals surface area contributed by atoms with Crippen LogP contribution in [0.3, 0.4) is 0 Å². The molecule has 21 heavy (non-hydrogen) atoms. The van der Waals surface area contributed by atoms with Crippen molar-refractivity contribution in [2.45, 2.75) is 19.9 Å². The summed E-state index contributed by atoms with van der Waals surface area (Å²) in [5.41, 5.74) is 1.28. The number of carboxylic acids is 1. The average molecular weight is 287 g/mol. The molecule has 0 radical (unpaired) electrons. The third-order valence-corrected chi connectivity index (χ3v) is 3.66. The number of nitrogens with zero attached hydrogens (tertiary/aromatic N) is 3. The number of aryl methyl sites for hydroxylation is 1. The molecule has 2 rings (SSSR count). The van der Waals surface area contributed by atoms with Crippen LogP contribution in [0.5, 0.6) is 0 Å². The molecular formula is C16H21N3O2. The molecule has 0 saturated carbocycles. The zero-order valence-corrected chi connectivity index (χ0v) is 12.5. The van der Waals surface area contributed by atoms with Crippen LogP contribution in [0.25, 0.3) is 0 Å². The van der Waals surface area contributed by atoms with Crippen LogP contribution in [0.4, 0.5) is 0 Å². The fourth-order valence-corrected chi connectivity index (χ4v) is 2.29. The molecule has 0 unspecified atom stereocenters. The number of rotatable bonds is 7. The normalized spacial score (nSPS) is 11.0. The second-order valence-electron chi connectivity index (χ2n) is 5.18. The fourth-order valence-electron chi connectivity index (χ4n) is 2.29. The van der Waals surface area contributed by atoms with Crippen molar-refractivity contribution in [3.05, 3.63) is 53.6 Å². The van der Waals surface area contributed by atoms with Crippen molar-refractivity contribution >= 4 is 5.97 Å². The Morgan fingerprint density at radius 1 is 1.33 bits per heavy atom. The highest BCUT2D eigenvalue weighted by Crippen LogP contribution is 2.10. The summed E-state index contributed by atoms with van der Waals surface area (Å²) in [6.07, 6.45) is 4.52. The monoisotopic (exact) mass is 287 g/mol. The Labute approximate surface area is 124 Å². The molecule has 0 spiro atoms. The van der Waals surface area contributed by atoms with E-state index in [1.807, 2.05) is 25.3 Å². The van der Waals surface area contributed by atoms with Crippen molar-refractivity contribution in [1.29, 1.82) is 0 Å². The molecule has 1 N–H and O–H groups in total. The van der Waals surface area contributed by atoms with E-state index >= 15 is 0 Å².